The van der Waals surface area contributed by atoms with Crippen LogP contribution in [0.1, 0.15) is 45.4 Å². The van der Waals surface area contributed by atoms with Gasteiger partial charge in [0.25, 0.3) is 0 Å². The monoisotopic (exact) mass is 240 g/mol. The summed E-state index contributed by atoms with van der Waals surface area (Å²) in [6, 6.07) is 0. The molecule has 2 aliphatic rings. The number of aliphatic hydroxyl groups is 1. The van der Waals surface area contributed by atoms with Crippen molar-refractivity contribution < 1.29 is 5.11 Å². The van der Waals surface area contributed by atoms with Crippen LogP contribution in [0.3, 0.4) is 0 Å². The number of rotatable bonds is 5. The van der Waals surface area contributed by atoms with E-state index in [-0.39, 0.29) is 5.60 Å². The highest BCUT2D eigenvalue weighted by molar-refractivity contribution is 4.95. The molecule has 0 radical (unpaired) electrons. The molecule has 0 bridgehead atoms. The highest BCUT2D eigenvalue weighted by atomic mass is 16.3. The summed E-state index contributed by atoms with van der Waals surface area (Å²) in [5.74, 6) is 0.538. The molecule has 0 aromatic heterocycles. The van der Waals surface area contributed by atoms with E-state index in [4.69, 9.17) is 0 Å². The molecule has 1 aliphatic heterocycles. The van der Waals surface area contributed by atoms with Crippen molar-refractivity contribution in [1.82, 2.24) is 10.2 Å². The molecule has 1 saturated heterocycles. The van der Waals surface area contributed by atoms with E-state index in [1.165, 1.54) is 25.7 Å². The fourth-order valence-electron chi connectivity index (χ4n) is 3.38. The van der Waals surface area contributed by atoms with Crippen LogP contribution in [0.5, 0.6) is 0 Å². The first-order valence-electron chi connectivity index (χ1n) is 7.40. The Morgan fingerprint density at radius 2 is 2.18 bits per heavy atom. The van der Waals surface area contributed by atoms with Gasteiger partial charge in [-0.1, -0.05) is 19.8 Å². The zero-order valence-corrected chi connectivity index (χ0v) is 11.2. The van der Waals surface area contributed by atoms with Crippen molar-refractivity contribution in [2.24, 2.45) is 5.92 Å². The molecule has 1 saturated carbocycles. The minimum Gasteiger partial charge on any atom is -0.390 e. The number of nitrogens with zero attached hydrogens (tertiary/aromatic N) is 1. The van der Waals surface area contributed by atoms with Crippen molar-refractivity contribution in [1.29, 1.82) is 0 Å². The number of piperidine rings is 1. The van der Waals surface area contributed by atoms with Crippen molar-refractivity contribution in [2.75, 3.05) is 32.7 Å². The van der Waals surface area contributed by atoms with E-state index >= 15 is 0 Å². The summed E-state index contributed by atoms with van der Waals surface area (Å²) in [7, 11) is 0. The van der Waals surface area contributed by atoms with Gasteiger partial charge in [0, 0.05) is 32.1 Å². The summed E-state index contributed by atoms with van der Waals surface area (Å²) in [6.07, 6.45) is 7.02. The van der Waals surface area contributed by atoms with Gasteiger partial charge in [-0.2, -0.15) is 0 Å². The Balaban J connectivity index is 1.73. The summed E-state index contributed by atoms with van der Waals surface area (Å²) < 4.78 is 0. The fourth-order valence-corrected chi connectivity index (χ4v) is 3.38. The second-order valence-electron chi connectivity index (χ2n) is 5.85. The molecule has 2 fully saturated rings. The second-order valence-corrected chi connectivity index (χ2v) is 5.85. The van der Waals surface area contributed by atoms with Crippen LogP contribution in [0.2, 0.25) is 0 Å². The topological polar surface area (TPSA) is 35.5 Å². The Hall–Kier alpha value is -0.120. The SMILES string of the molecule is CCCNCCN1CCC2(O)CCCCC2C1. The van der Waals surface area contributed by atoms with Crippen molar-refractivity contribution in [2.45, 2.75) is 51.0 Å². The first-order chi connectivity index (χ1) is 8.24. The Morgan fingerprint density at radius 1 is 1.29 bits per heavy atom. The lowest BCUT2D eigenvalue weighted by atomic mass is 9.71. The van der Waals surface area contributed by atoms with Crippen molar-refractivity contribution in [3.8, 4) is 0 Å². The zero-order chi connectivity index (χ0) is 12.1. The van der Waals surface area contributed by atoms with E-state index in [2.05, 4.69) is 17.1 Å². The summed E-state index contributed by atoms with van der Waals surface area (Å²) in [6.45, 7) is 7.77. The van der Waals surface area contributed by atoms with E-state index in [9.17, 15) is 5.11 Å². The van der Waals surface area contributed by atoms with Gasteiger partial charge in [-0.05, 0) is 32.2 Å². The van der Waals surface area contributed by atoms with Gasteiger partial charge in [0.1, 0.15) is 0 Å². The van der Waals surface area contributed by atoms with Crippen LogP contribution in [0.4, 0.5) is 0 Å². The zero-order valence-electron chi connectivity index (χ0n) is 11.2. The molecular formula is C14H28N2O. The second kappa shape index (κ2) is 6.17. The standard InChI is InChI=1S/C14H28N2O/c1-2-8-15-9-11-16-10-7-14(17)6-4-3-5-13(14)12-16/h13,15,17H,2-12H2,1H3. The normalized spacial score (nSPS) is 34.6. The average molecular weight is 240 g/mol. The molecule has 3 nitrogen and oxygen atoms in total. The van der Waals surface area contributed by atoms with Gasteiger partial charge in [0.15, 0.2) is 0 Å². The molecule has 0 amide bonds. The van der Waals surface area contributed by atoms with Crippen LogP contribution in [0, 0.1) is 5.92 Å². The number of likely N-dealkylation sites (tertiary alicyclic amines) is 1. The highest BCUT2D eigenvalue weighted by Crippen LogP contribution is 2.39. The van der Waals surface area contributed by atoms with Gasteiger partial charge < -0.3 is 15.3 Å². The number of hydrogen-bond acceptors (Lipinski definition) is 3. The van der Waals surface area contributed by atoms with Gasteiger partial charge in [-0.25, -0.2) is 0 Å². The molecule has 3 heteroatoms. The third-order valence-corrected chi connectivity index (χ3v) is 4.54. The summed E-state index contributed by atoms with van der Waals surface area (Å²) in [5.41, 5.74) is -0.314. The van der Waals surface area contributed by atoms with Crippen LogP contribution >= 0.6 is 0 Å². The summed E-state index contributed by atoms with van der Waals surface area (Å²) in [4.78, 5) is 2.53. The predicted octanol–water partition coefficient (Wildman–Crippen LogP) is 1.61. The van der Waals surface area contributed by atoms with E-state index in [1.54, 1.807) is 0 Å². The molecule has 1 heterocycles. The third kappa shape index (κ3) is 3.43. The third-order valence-electron chi connectivity index (χ3n) is 4.54. The molecule has 17 heavy (non-hydrogen) atoms. The molecule has 0 spiro atoms. The molecule has 2 rings (SSSR count). The van der Waals surface area contributed by atoms with Gasteiger partial charge in [-0.15, -0.1) is 0 Å². The molecular weight excluding hydrogens is 212 g/mol. The molecule has 0 aromatic carbocycles. The van der Waals surface area contributed by atoms with Gasteiger partial charge >= 0.3 is 0 Å². The molecule has 2 atom stereocenters. The van der Waals surface area contributed by atoms with Crippen LogP contribution in [-0.2, 0) is 0 Å². The van der Waals surface area contributed by atoms with Crippen LogP contribution in [0.15, 0.2) is 0 Å². The van der Waals surface area contributed by atoms with Crippen LogP contribution < -0.4 is 5.32 Å². The Labute approximate surface area is 106 Å². The molecule has 1 aliphatic carbocycles. The van der Waals surface area contributed by atoms with Crippen LogP contribution in [0.25, 0.3) is 0 Å². The first-order valence-corrected chi connectivity index (χ1v) is 7.40. The Bertz CT molecular complexity index is 234. The largest absolute Gasteiger partial charge is 0.390 e. The smallest absolute Gasteiger partial charge is 0.0700 e. The Kier molecular flexibility index (Phi) is 4.83. The molecule has 100 valence electrons. The van der Waals surface area contributed by atoms with E-state index in [1.807, 2.05) is 0 Å². The maximum Gasteiger partial charge on any atom is 0.0700 e. The van der Waals surface area contributed by atoms with Crippen molar-refractivity contribution in [3.05, 3.63) is 0 Å². The molecule has 2 unspecified atom stereocenters. The number of nitrogens with one attached hydrogen (secondary N) is 1. The minimum atomic E-state index is -0.314. The maximum atomic E-state index is 10.6. The fraction of sp³-hybridized carbons (Fsp3) is 1.00. The van der Waals surface area contributed by atoms with E-state index < -0.39 is 0 Å². The highest BCUT2D eigenvalue weighted by Gasteiger charge is 2.42. The predicted molar refractivity (Wildman–Crippen MR) is 71.1 cm³/mol. The quantitative estimate of drug-likeness (QED) is 0.717. The lowest BCUT2D eigenvalue weighted by Gasteiger charge is -2.47. The lowest BCUT2D eigenvalue weighted by molar-refractivity contribution is -0.0949. The Morgan fingerprint density at radius 3 is 3.00 bits per heavy atom. The molecule has 0 aromatic rings. The van der Waals surface area contributed by atoms with Crippen molar-refractivity contribution in [3.63, 3.8) is 0 Å². The lowest BCUT2D eigenvalue weighted by Crippen LogP contribution is -2.54. The van der Waals surface area contributed by atoms with Gasteiger partial charge in [0.05, 0.1) is 5.60 Å². The van der Waals surface area contributed by atoms with Gasteiger partial charge in [0.2, 0.25) is 0 Å². The van der Waals surface area contributed by atoms with Crippen LogP contribution in [-0.4, -0.2) is 48.3 Å². The maximum absolute atomic E-state index is 10.6. The average Bonchev–Trinajstić information content (AvgIpc) is 2.34. The summed E-state index contributed by atoms with van der Waals surface area (Å²) in [5, 5.41) is 14.0. The minimum absolute atomic E-state index is 0.314. The van der Waals surface area contributed by atoms with Crippen molar-refractivity contribution >= 4 is 0 Å². The first kappa shape index (κ1) is 13.3. The van der Waals surface area contributed by atoms with E-state index in [0.29, 0.717) is 5.92 Å². The number of hydrogen-bond donors (Lipinski definition) is 2. The molecule has 2 N–H and O–H groups in total. The number of fused-ring (bicyclic) bond motifs is 1. The van der Waals surface area contributed by atoms with E-state index in [0.717, 1.165) is 45.6 Å². The van der Waals surface area contributed by atoms with Gasteiger partial charge in [-0.3, -0.25) is 0 Å². The summed E-state index contributed by atoms with van der Waals surface area (Å²) >= 11 is 0.